The van der Waals surface area contributed by atoms with Crippen molar-refractivity contribution in [1.82, 2.24) is 10.2 Å². The molecule has 0 unspecified atom stereocenters. The third kappa shape index (κ3) is 5.99. The molecule has 24 heavy (non-hydrogen) atoms. The van der Waals surface area contributed by atoms with Crippen LogP contribution in [0.3, 0.4) is 0 Å². The third-order valence-electron chi connectivity index (χ3n) is 4.09. The molecule has 4 heteroatoms. The van der Waals surface area contributed by atoms with E-state index >= 15 is 0 Å². The van der Waals surface area contributed by atoms with Crippen molar-refractivity contribution in [2.75, 3.05) is 13.1 Å². The fraction of sp³-hybridized carbons (Fsp3) is 0.350. The number of nitrogens with zero attached hydrogens (tertiary/aromatic N) is 1. The van der Waals surface area contributed by atoms with E-state index in [1.165, 1.54) is 5.56 Å². The van der Waals surface area contributed by atoms with Gasteiger partial charge in [0.2, 0.25) is 5.91 Å². The van der Waals surface area contributed by atoms with E-state index in [0.717, 1.165) is 30.8 Å². The van der Waals surface area contributed by atoms with Crippen LogP contribution >= 0.6 is 11.6 Å². The van der Waals surface area contributed by atoms with Crippen molar-refractivity contribution in [1.29, 1.82) is 0 Å². The number of hydrogen-bond donors (Lipinski definition) is 1. The lowest BCUT2D eigenvalue weighted by molar-refractivity contribution is -0.120. The molecule has 2 aromatic rings. The van der Waals surface area contributed by atoms with E-state index in [0.29, 0.717) is 18.0 Å². The van der Waals surface area contributed by atoms with E-state index in [-0.39, 0.29) is 5.91 Å². The van der Waals surface area contributed by atoms with Crippen molar-refractivity contribution >= 4 is 17.5 Å². The largest absolute Gasteiger partial charge is 0.352 e. The summed E-state index contributed by atoms with van der Waals surface area (Å²) in [6, 6.07) is 15.8. The maximum atomic E-state index is 12.0. The predicted molar refractivity (Wildman–Crippen MR) is 100 cm³/mol. The standard InChI is InChI=1S/C20H25ClN2O/c1-3-23(4-2)15-18-7-5-17(6-8-18)14-22-20(24)13-16-9-11-19(21)12-10-16/h5-12H,3-4,13-15H2,1-2H3,(H,22,24). The second-order valence-corrected chi connectivity index (χ2v) is 6.29. The Morgan fingerprint density at radius 2 is 1.46 bits per heavy atom. The van der Waals surface area contributed by atoms with Gasteiger partial charge in [-0.05, 0) is 41.9 Å². The summed E-state index contributed by atoms with van der Waals surface area (Å²) in [5, 5.41) is 3.65. The van der Waals surface area contributed by atoms with Gasteiger partial charge in [-0.3, -0.25) is 9.69 Å². The van der Waals surface area contributed by atoms with Gasteiger partial charge in [-0.1, -0.05) is 61.8 Å². The van der Waals surface area contributed by atoms with Crippen molar-refractivity contribution in [2.24, 2.45) is 0 Å². The molecular weight excluding hydrogens is 320 g/mol. The van der Waals surface area contributed by atoms with E-state index in [1.54, 1.807) is 12.1 Å². The van der Waals surface area contributed by atoms with Gasteiger partial charge in [-0.25, -0.2) is 0 Å². The molecule has 0 spiro atoms. The van der Waals surface area contributed by atoms with Crippen LogP contribution in [-0.4, -0.2) is 23.9 Å². The van der Waals surface area contributed by atoms with Gasteiger partial charge in [0.15, 0.2) is 0 Å². The highest BCUT2D eigenvalue weighted by Gasteiger charge is 2.04. The molecule has 0 bridgehead atoms. The van der Waals surface area contributed by atoms with Crippen LogP contribution in [0.4, 0.5) is 0 Å². The van der Waals surface area contributed by atoms with Gasteiger partial charge >= 0.3 is 0 Å². The summed E-state index contributed by atoms with van der Waals surface area (Å²) in [7, 11) is 0. The van der Waals surface area contributed by atoms with Crippen LogP contribution in [0.25, 0.3) is 0 Å². The van der Waals surface area contributed by atoms with Gasteiger partial charge in [-0.2, -0.15) is 0 Å². The summed E-state index contributed by atoms with van der Waals surface area (Å²) in [6.07, 6.45) is 0.372. The molecule has 1 N–H and O–H groups in total. The van der Waals surface area contributed by atoms with Crippen LogP contribution in [0, 0.1) is 0 Å². The average Bonchev–Trinajstić information content (AvgIpc) is 2.61. The molecule has 2 aromatic carbocycles. The first-order chi connectivity index (χ1) is 11.6. The quantitative estimate of drug-likeness (QED) is 0.783. The lowest BCUT2D eigenvalue weighted by atomic mass is 10.1. The highest BCUT2D eigenvalue weighted by atomic mass is 35.5. The molecule has 0 aliphatic rings. The number of hydrogen-bond acceptors (Lipinski definition) is 2. The van der Waals surface area contributed by atoms with Crippen LogP contribution in [0.5, 0.6) is 0 Å². The highest BCUT2D eigenvalue weighted by molar-refractivity contribution is 6.30. The van der Waals surface area contributed by atoms with Gasteiger partial charge in [0.25, 0.3) is 0 Å². The Morgan fingerprint density at radius 1 is 0.917 bits per heavy atom. The minimum absolute atomic E-state index is 0.0181. The second kappa shape index (κ2) is 9.45. The zero-order chi connectivity index (χ0) is 17.4. The maximum absolute atomic E-state index is 12.0. The molecule has 0 fully saturated rings. The molecule has 128 valence electrons. The first-order valence-electron chi connectivity index (χ1n) is 8.42. The lowest BCUT2D eigenvalue weighted by Gasteiger charge is -2.18. The van der Waals surface area contributed by atoms with E-state index < -0.39 is 0 Å². The molecule has 1 amide bonds. The highest BCUT2D eigenvalue weighted by Crippen LogP contribution is 2.10. The zero-order valence-electron chi connectivity index (χ0n) is 14.4. The van der Waals surface area contributed by atoms with Crippen LogP contribution < -0.4 is 5.32 Å². The number of nitrogens with one attached hydrogen (secondary N) is 1. The topological polar surface area (TPSA) is 32.3 Å². The fourth-order valence-electron chi connectivity index (χ4n) is 2.52. The molecule has 0 aromatic heterocycles. The van der Waals surface area contributed by atoms with E-state index in [9.17, 15) is 4.79 Å². The first-order valence-corrected chi connectivity index (χ1v) is 8.79. The molecule has 2 rings (SSSR count). The summed E-state index contributed by atoms with van der Waals surface area (Å²) < 4.78 is 0. The van der Waals surface area contributed by atoms with E-state index in [1.807, 2.05) is 12.1 Å². The number of carbonyl (C=O) groups is 1. The maximum Gasteiger partial charge on any atom is 0.224 e. The van der Waals surface area contributed by atoms with Gasteiger partial charge in [0.1, 0.15) is 0 Å². The van der Waals surface area contributed by atoms with Crippen molar-refractivity contribution in [2.45, 2.75) is 33.4 Å². The van der Waals surface area contributed by atoms with Gasteiger partial charge in [0, 0.05) is 18.1 Å². The Morgan fingerprint density at radius 3 is 2.04 bits per heavy atom. The minimum Gasteiger partial charge on any atom is -0.352 e. The minimum atomic E-state index is 0.0181. The van der Waals surface area contributed by atoms with Crippen molar-refractivity contribution in [3.8, 4) is 0 Å². The Balaban J connectivity index is 1.81. The molecule has 0 aliphatic heterocycles. The molecule has 0 aliphatic carbocycles. The molecule has 0 radical (unpaired) electrons. The number of amides is 1. The Hall–Kier alpha value is -1.84. The van der Waals surface area contributed by atoms with E-state index in [2.05, 4.69) is 48.3 Å². The molecular formula is C20H25ClN2O. The Labute approximate surface area is 149 Å². The normalized spacial score (nSPS) is 10.8. The molecule has 3 nitrogen and oxygen atoms in total. The summed E-state index contributed by atoms with van der Waals surface area (Å²) in [4.78, 5) is 14.4. The van der Waals surface area contributed by atoms with Crippen LogP contribution in [0.2, 0.25) is 5.02 Å². The number of benzene rings is 2. The number of carbonyl (C=O) groups excluding carboxylic acids is 1. The molecule has 0 saturated carbocycles. The summed E-state index contributed by atoms with van der Waals surface area (Å²) in [6.45, 7) is 7.98. The predicted octanol–water partition coefficient (Wildman–Crippen LogP) is 4.04. The summed E-state index contributed by atoms with van der Waals surface area (Å²) in [5.74, 6) is 0.0181. The fourth-order valence-corrected chi connectivity index (χ4v) is 2.64. The zero-order valence-corrected chi connectivity index (χ0v) is 15.1. The summed E-state index contributed by atoms with van der Waals surface area (Å²) >= 11 is 5.85. The van der Waals surface area contributed by atoms with Crippen LogP contribution in [-0.2, 0) is 24.3 Å². The summed E-state index contributed by atoms with van der Waals surface area (Å²) in [5.41, 5.74) is 3.38. The van der Waals surface area contributed by atoms with Gasteiger partial charge in [0.05, 0.1) is 6.42 Å². The van der Waals surface area contributed by atoms with Gasteiger partial charge in [-0.15, -0.1) is 0 Å². The molecule has 0 heterocycles. The number of rotatable bonds is 8. The van der Waals surface area contributed by atoms with Crippen LogP contribution in [0.15, 0.2) is 48.5 Å². The second-order valence-electron chi connectivity index (χ2n) is 5.86. The van der Waals surface area contributed by atoms with Crippen molar-refractivity contribution in [3.05, 3.63) is 70.2 Å². The monoisotopic (exact) mass is 344 g/mol. The molecule has 0 atom stereocenters. The first kappa shape index (κ1) is 18.5. The lowest BCUT2D eigenvalue weighted by Crippen LogP contribution is -2.24. The Kier molecular flexibility index (Phi) is 7.29. The van der Waals surface area contributed by atoms with Gasteiger partial charge < -0.3 is 5.32 Å². The molecule has 0 saturated heterocycles. The van der Waals surface area contributed by atoms with Crippen molar-refractivity contribution < 1.29 is 4.79 Å². The Bertz CT molecular complexity index is 634. The van der Waals surface area contributed by atoms with Crippen molar-refractivity contribution in [3.63, 3.8) is 0 Å². The van der Waals surface area contributed by atoms with Crippen LogP contribution in [0.1, 0.15) is 30.5 Å². The SMILES string of the molecule is CCN(CC)Cc1ccc(CNC(=O)Cc2ccc(Cl)cc2)cc1. The van der Waals surface area contributed by atoms with E-state index in [4.69, 9.17) is 11.6 Å². The number of halogens is 1. The average molecular weight is 345 g/mol. The third-order valence-corrected chi connectivity index (χ3v) is 4.34. The smallest absolute Gasteiger partial charge is 0.224 e.